The summed E-state index contributed by atoms with van der Waals surface area (Å²) >= 11 is 0. The molecule has 15 heavy (non-hydrogen) atoms. The molecule has 0 radical (unpaired) electrons. The molecule has 0 aromatic heterocycles. The van der Waals surface area contributed by atoms with Gasteiger partial charge in [-0.3, -0.25) is 0 Å². The Hall–Kier alpha value is -1.34. The van der Waals surface area contributed by atoms with E-state index in [4.69, 9.17) is 5.26 Å². The molecule has 1 fully saturated rings. The van der Waals surface area contributed by atoms with Crippen molar-refractivity contribution in [3.05, 3.63) is 29.8 Å². The molecule has 0 aliphatic heterocycles. The Bertz CT molecular complexity index is 511. The normalized spacial score (nSPS) is 24.5. The first-order chi connectivity index (χ1) is 7.05. The average molecular weight is 221 g/mol. The van der Waals surface area contributed by atoms with Crippen LogP contribution in [0.2, 0.25) is 0 Å². The molecule has 0 amide bonds. The van der Waals surface area contributed by atoms with Gasteiger partial charge in [0.1, 0.15) is 0 Å². The van der Waals surface area contributed by atoms with Crippen LogP contribution in [0, 0.1) is 24.2 Å². The van der Waals surface area contributed by atoms with Crippen molar-refractivity contribution in [1.82, 2.24) is 0 Å². The molecule has 0 bridgehead atoms. The maximum absolute atomic E-state index is 11.9. The van der Waals surface area contributed by atoms with Crippen molar-refractivity contribution in [2.45, 2.75) is 23.5 Å². The Labute approximate surface area is 89.3 Å². The topological polar surface area (TPSA) is 57.9 Å². The van der Waals surface area contributed by atoms with Gasteiger partial charge in [-0.2, -0.15) is 5.26 Å². The van der Waals surface area contributed by atoms with Gasteiger partial charge in [0.05, 0.1) is 22.1 Å². The van der Waals surface area contributed by atoms with E-state index in [1.807, 2.05) is 13.0 Å². The first-order valence-corrected chi connectivity index (χ1v) is 6.30. The molecule has 1 aliphatic rings. The lowest BCUT2D eigenvalue weighted by atomic mass is 10.2. The summed E-state index contributed by atoms with van der Waals surface area (Å²) in [5.74, 6) is -0.309. The molecule has 1 aromatic carbocycles. The van der Waals surface area contributed by atoms with Crippen molar-refractivity contribution < 1.29 is 8.42 Å². The van der Waals surface area contributed by atoms with Crippen LogP contribution in [0.4, 0.5) is 0 Å². The summed E-state index contributed by atoms with van der Waals surface area (Å²) in [5.41, 5.74) is 1.03. The molecule has 0 spiro atoms. The summed E-state index contributed by atoms with van der Waals surface area (Å²) in [6, 6.07) is 8.76. The molecule has 0 saturated heterocycles. The molecule has 0 unspecified atom stereocenters. The number of rotatable bonds is 2. The smallest absolute Gasteiger partial charge is 0.182 e. The minimum atomic E-state index is -3.27. The fourth-order valence-electron chi connectivity index (χ4n) is 1.55. The predicted molar refractivity (Wildman–Crippen MR) is 55.9 cm³/mol. The summed E-state index contributed by atoms with van der Waals surface area (Å²) in [4.78, 5) is 0.329. The van der Waals surface area contributed by atoms with Crippen molar-refractivity contribution in [3.63, 3.8) is 0 Å². The zero-order valence-corrected chi connectivity index (χ0v) is 9.16. The molecular weight excluding hydrogens is 210 g/mol. The van der Waals surface area contributed by atoms with E-state index in [0.29, 0.717) is 11.3 Å². The summed E-state index contributed by atoms with van der Waals surface area (Å²) in [5, 5.41) is 8.14. The highest BCUT2D eigenvalue weighted by atomic mass is 32.2. The second kappa shape index (κ2) is 3.35. The number of sulfone groups is 1. The second-order valence-corrected chi connectivity index (χ2v) is 6.03. The fraction of sp³-hybridized carbons (Fsp3) is 0.364. The quantitative estimate of drug-likeness (QED) is 0.763. The highest BCUT2D eigenvalue weighted by Crippen LogP contribution is 2.39. The summed E-state index contributed by atoms with van der Waals surface area (Å²) in [6.07, 6.45) is 0.479. The number of nitriles is 1. The van der Waals surface area contributed by atoms with Crippen LogP contribution in [0.3, 0.4) is 0 Å². The van der Waals surface area contributed by atoms with Crippen LogP contribution in [-0.2, 0) is 9.84 Å². The third-order valence-electron chi connectivity index (χ3n) is 2.65. The first kappa shape index (κ1) is 10.2. The molecule has 0 heterocycles. The SMILES string of the molecule is Cc1ccc(S(=O)(=O)[C@@H]2C[C@H]2C#N)cc1. The van der Waals surface area contributed by atoms with E-state index in [0.717, 1.165) is 5.56 Å². The lowest BCUT2D eigenvalue weighted by Gasteiger charge is -2.02. The molecule has 4 heteroatoms. The number of hydrogen-bond acceptors (Lipinski definition) is 3. The van der Waals surface area contributed by atoms with Crippen molar-refractivity contribution in [1.29, 1.82) is 5.26 Å². The third-order valence-corrected chi connectivity index (χ3v) is 4.89. The van der Waals surface area contributed by atoms with Crippen molar-refractivity contribution in [3.8, 4) is 6.07 Å². The van der Waals surface area contributed by atoms with E-state index < -0.39 is 15.1 Å². The van der Waals surface area contributed by atoms with Gasteiger partial charge in [-0.15, -0.1) is 0 Å². The molecule has 2 rings (SSSR count). The second-order valence-electron chi connectivity index (χ2n) is 3.87. The predicted octanol–water partition coefficient (Wildman–Crippen LogP) is 1.68. The van der Waals surface area contributed by atoms with Gasteiger partial charge in [-0.1, -0.05) is 17.7 Å². The van der Waals surface area contributed by atoms with Crippen molar-refractivity contribution in [2.24, 2.45) is 5.92 Å². The Morgan fingerprint density at radius 1 is 1.33 bits per heavy atom. The number of aryl methyl sites for hydroxylation is 1. The minimum Gasteiger partial charge on any atom is -0.223 e. The van der Waals surface area contributed by atoms with Crippen LogP contribution in [0.25, 0.3) is 0 Å². The van der Waals surface area contributed by atoms with Crippen molar-refractivity contribution in [2.75, 3.05) is 0 Å². The number of benzene rings is 1. The molecule has 3 nitrogen and oxygen atoms in total. The van der Waals surface area contributed by atoms with E-state index in [9.17, 15) is 8.42 Å². The van der Waals surface area contributed by atoms with Gasteiger partial charge in [0.2, 0.25) is 0 Å². The largest absolute Gasteiger partial charge is 0.223 e. The van der Waals surface area contributed by atoms with E-state index in [1.54, 1.807) is 24.3 Å². The van der Waals surface area contributed by atoms with Gasteiger partial charge in [-0.25, -0.2) is 8.42 Å². The average Bonchev–Trinajstić information content (AvgIpc) is 2.98. The molecule has 1 aromatic rings. The van der Waals surface area contributed by atoms with Crippen LogP contribution in [0.1, 0.15) is 12.0 Å². The summed E-state index contributed by atoms with van der Waals surface area (Å²) in [7, 11) is -3.27. The van der Waals surface area contributed by atoms with Gasteiger partial charge in [0, 0.05) is 0 Å². The molecule has 0 N–H and O–H groups in total. The van der Waals surface area contributed by atoms with Crippen LogP contribution in [-0.4, -0.2) is 13.7 Å². The van der Waals surface area contributed by atoms with E-state index in [1.165, 1.54) is 0 Å². The number of nitrogens with zero attached hydrogens (tertiary/aromatic N) is 1. The van der Waals surface area contributed by atoms with E-state index >= 15 is 0 Å². The minimum absolute atomic E-state index is 0.309. The zero-order valence-electron chi connectivity index (χ0n) is 8.34. The van der Waals surface area contributed by atoms with Gasteiger partial charge in [0.15, 0.2) is 9.84 Å². The highest BCUT2D eigenvalue weighted by Gasteiger charge is 2.48. The molecule has 1 saturated carbocycles. The zero-order chi connectivity index (χ0) is 11.1. The molecular formula is C11H11NO2S. The van der Waals surface area contributed by atoms with Gasteiger partial charge >= 0.3 is 0 Å². The third kappa shape index (κ3) is 1.75. The first-order valence-electron chi connectivity index (χ1n) is 4.76. The van der Waals surface area contributed by atoms with Gasteiger partial charge < -0.3 is 0 Å². The molecule has 78 valence electrons. The van der Waals surface area contributed by atoms with Crippen LogP contribution < -0.4 is 0 Å². The van der Waals surface area contributed by atoms with Crippen molar-refractivity contribution >= 4 is 9.84 Å². The van der Waals surface area contributed by atoms with Crippen LogP contribution in [0.5, 0.6) is 0 Å². The summed E-state index contributed by atoms with van der Waals surface area (Å²) < 4.78 is 23.8. The van der Waals surface area contributed by atoms with E-state index in [-0.39, 0.29) is 5.92 Å². The Morgan fingerprint density at radius 3 is 2.40 bits per heavy atom. The maximum Gasteiger partial charge on any atom is 0.182 e. The Kier molecular flexibility index (Phi) is 2.28. The fourth-order valence-corrected chi connectivity index (χ4v) is 3.37. The summed E-state index contributed by atoms with van der Waals surface area (Å²) in [6.45, 7) is 1.91. The van der Waals surface area contributed by atoms with Gasteiger partial charge in [-0.05, 0) is 25.5 Å². The lowest BCUT2D eigenvalue weighted by Crippen LogP contribution is -2.09. The van der Waals surface area contributed by atoms with Crippen LogP contribution >= 0.6 is 0 Å². The maximum atomic E-state index is 11.9. The van der Waals surface area contributed by atoms with E-state index in [2.05, 4.69) is 0 Å². The standard InChI is InChI=1S/C11H11NO2S/c1-8-2-4-10(5-3-8)15(13,14)11-6-9(11)7-12/h2-5,9,11H,6H2,1H3/t9-,11+/m0/s1. The lowest BCUT2D eigenvalue weighted by molar-refractivity contribution is 0.593. The Balaban J connectivity index is 2.32. The molecule has 2 atom stereocenters. The number of hydrogen-bond donors (Lipinski definition) is 0. The monoisotopic (exact) mass is 221 g/mol. The highest BCUT2D eigenvalue weighted by molar-refractivity contribution is 7.92. The molecule has 1 aliphatic carbocycles. The van der Waals surface area contributed by atoms with Crippen LogP contribution in [0.15, 0.2) is 29.2 Å². The Morgan fingerprint density at radius 2 is 1.93 bits per heavy atom. The van der Waals surface area contributed by atoms with Gasteiger partial charge in [0.25, 0.3) is 0 Å².